The predicted octanol–water partition coefficient (Wildman–Crippen LogP) is 0.601. The Hall–Kier alpha value is -1.54. The molecule has 0 aliphatic heterocycles. The van der Waals surface area contributed by atoms with Crippen LogP contribution in [-0.2, 0) is 10.2 Å². The van der Waals surface area contributed by atoms with E-state index in [1.165, 1.54) is 6.42 Å². The summed E-state index contributed by atoms with van der Waals surface area (Å²) in [5.41, 5.74) is 4.55. The first-order valence-corrected chi connectivity index (χ1v) is 6.44. The molecule has 1 radical (unpaired) electrons. The van der Waals surface area contributed by atoms with Crippen molar-refractivity contribution in [2.75, 3.05) is 0 Å². The Morgan fingerprint density at radius 1 is 1.60 bits per heavy atom. The zero-order valence-electron chi connectivity index (χ0n) is 11.8. The monoisotopic (exact) mass is 282 g/mol. The van der Waals surface area contributed by atoms with Gasteiger partial charge in [0.1, 0.15) is 11.4 Å². The van der Waals surface area contributed by atoms with Crippen molar-refractivity contribution in [3.05, 3.63) is 18.2 Å². The highest BCUT2D eigenvalue weighted by molar-refractivity contribution is 6.13. The lowest BCUT2D eigenvalue weighted by Crippen LogP contribution is -2.44. The van der Waals surface area contributed by atoms with Crippen LogP contribution in [0, 0.1) is 0 Å². The number of primary amides is 1. The average molecular weight is 282 g/mol. The van der Waals surface area contributed by atoms with Gasteiger partial charge in [-0.1, -0.05) is 6.42 Å². The van der Waals surface area contributed by atoms with Crippen LogP contribution in [0.3, 0.4) is 0 Å². The van der Waals surface area contributed by atoms with Crippen LogP contribution >= 0.6 is 0 Å². The minimum Gasteiger partial charge on any atom is -0.444 e. The van der Waals surface area contributed by atoms with E-state index in [9.17, 15) is 4.79 Å². The molecule has 5 N–H and O–H groups in total. The molecule has 0 bridgehead atoms. The highest BCUT2D eigenvalue weighted by Gasteiger charge is 2.45. The summed E-state index contributed by atoms with van der Waals surface area (Å²) in [6.07, 6.45) is 6.96. The van der Waals surface area contributed by atoms with Crippen molar-refractivity contribution in [2.24, 2.45) is 5.73 Å². The molecule has 20 heavy (non-hydrogen) atoms. The molecule has 1 amide bonds. The number of hydrogen-bond donors (Lipinski definition) is 4. The van der Waals surface area contributed by atoms with E-state index >= 15 is 0 Å². The number of aromatic nitrogens is 2. The number of hydrogen-bond acceptors (Lipinski definition) is 5. The molecule has 7 nitrogen and oxygen atoms in total. The second-order valence-electron chi connectivity index (χ2n) is 5.54. The van der Waals surface area contributed by atoms with Gasteiger partial charge in [0.25, 0.3) is 0 Å². The number of imidazole rings is 1. The van der Waals surface area contributed by atoms with Gasteiger partial charge >= 0.3 is 13.8 Å². The first-order valence-electron chi connectivity index (χ1n) is 6.44. The van der Waals surface area contributed by atoms with Gasteiger partial charge in [-0.2, -0.15) is 0 Å². The molecule has 0 saturated heterocycles. The smallest absolute Gasteiger partial charge is 0.444 e. The molecule has 1 fully saturated rings. The largest absolute Gasteiger partial charge is 0.482 e. The van der Waals surface area contributed by atoms with E-state index < -0.39 is 11.7 Å². The standard InChI is InChI=1S/C12H19N3O2.BH2O2/c1-11(2,17-10(13)16)8-12(4-3-5-12)9-14-6-7-15-9;2-1-3/h6-7H,3-5,8H2,1-2H3,(H2,13,16)(H,14,15);2-3H. The van der Waals surface area contributed by atoms with Crippen molar-refractivity contribution in [3.8, 4) is 0 Å². The molecule has 1 heterocycles. The summed E-state index contributed by atoms with van der Waals surface area (Å²) in [7, 11) is 0. The lowest BCUT2D eigenvalue weighted by Gasteiger charge is -2.44. The van der Waals surface area contributed by atoms with E-state index in [1.807, 2.05) is 20.0 Å². The molecule has 0 aromatic carbocycles. The summed E-state index contributed by atoms with van der Waals surface area (Å²) in [4.78, 5) is 18.4. The number of H-pyrrole nitrogens is 1. The van der Waals surface area contributed by atoms with E-state index in [-0.39, 0.29) is 13.1 Å². The minimum absolute atomic E-state index is 0. The molecule has 0 spiro atoms. The van der Waals surface area contributed by atoms with Gasteiger partial charge in [-0.15, -0.1) is 0 Å². The van der Waals surface area contributed by atoms with Gasteiger partial charge in [0.05, 0.1) is 0 Å². The normalized spacial score (nSPS) is 16.4. The molecule has 0 unspecified atom stereocenters. The maximum absolute atomic E-state index is 10.9. The molecule has 1 saturated carbocycles. The van der Waals surface area contributed by atoms with Gasteiger partial charge in [-0.05, 0) is 33.1 Å². The summed E-state index contributed by atoms with van der Waals surface area (Å²) < 4.78 is 5.16. The van der Waals surface area contributed by atoms with E-state index in [4.69, 9.17) is 20.5 Å². The Labute approximate surface area is 118 Å². The fourth-order valence-electron chi connectivity index (χ4n) is 2.78. The highest BCUT2D eigenvalue weighted by Crippen LogP contribution is 2.48. The van der Waals surface area contributed by atoms with Crippen LogP contribution in [-0.4, -0.2) is 39.4 Å². The first-order chi connectivity index (χ1) is 9.35. The Morgan fingerprint density at radius 2 is 2.20 bits per heavy atom. The molecular weight excluding hydrogens is 261 g/mol. The summed E-state index contributed by atoms with van der Waals surface area (Å²) >= 11 is 0. The molecule has 8 heteroatoms. The van der Waals surface area contributed by atoms with Gasteiger partial charge in [0.15, 0.2) is 0 Å². The number of ether oxygens (including phenoxy) is 1. The number of amides is 1. The number of carbonyl (C=O) groups is 1. The van der Waals surface area contributed by atoms with E-state index in [2.05, 4.69) is 9.97 Å². The van der Waals surface area contributed by atoms with Crippen LogP contribution in [0.1, 0.15) is 45.4 Å². The maximum atomic E-state index is 10.9. The maximum Gasteiger partial charge on any atom is 0.482 e. The fraction of sp³-hybridized carbons (Fsp3) is 0.667. The van der Waals surface area contributed by atoms with Crippen LogP contribution in [0.15, 0.2) is 12.4 Å². The van der Waals surface area contributed by atoms with Crippen LogP contribution < -0.4 is 5.73 Å². The molecule has 0 atom stereocenters. The summed E-state index contributed by atoms with van der Waals surface area (Å²) in [6.45, 7) is 3.78. The van der Waals surface area contributed by atoms with Crippen LogP contribution in [0.4, 0.5) is 4.79 Å². The van der Waals surface area contributed by atoms with Crippen molar-refractivity contribution >= 4 is 13.8 Å². The lowest BCUT2D eigenvalue weighted by molar-refractivity contribution is 0.00312. The average Bonchev–Trinajstić information content (AvgIpc) is 2.76. The van der Waals surface area contributed by atoms with Gasteiger partial charge in [-0.3, -0.25) is 0 Å². The van der Waals surface area contributed by atoms with Gasteiger partial charge in [0, 0.05) is 17.8 Å². The molecule has 1 aliphatic carbocycles. The zero-order valence-corrected chi connectivity index (χ0v) is 11.8. The fourth-order valence-corrected chi connectivity index (χ4v) is 2.78. The first kappa shape index (κ1) is 16.5. The van der Waals surface area contributed by atoms with E-state index in [1.54, 1.807) is 6.20 Å². The van der Waals surface area contributed by atoms with E-state index in [0.29, 0.717) is 0 Å². The molecule has 1 aromatic rings. The quantitative estimate of drug-likeness (QED) is 0.602. The third-order valence-electron chi connectivity index (χ3n) is 3.45. The Kier molecular flexibility index (Phi) is 5.58. The third kappa shape index (κ3) is 4.24. The summed E-state index contributed by atoms with van der Waals surface area (Å²) in [5.74, 6) is 0.991. The minimum atomic E-state index is -0.719. The summed E-state index contributed by atoms with van der Waals surface area (Å²) in [5, 5.41) is 14.0. The molecule has 1 aliphatic rings. The Morgan fingerprint density at radius 3 is 2.55 bits per heavy atom. The van der Waals surface area contributed by atoms with Gasteiger partial charge in [0.2, 0.25) is 0 Å². The zero-order chi connectivity index (χ0) is 15.2. The van der Waals surface area contributed by atoms with Crippen molar-refractivity contribution in [2.45, 2.75) is 50.5 Å². The third-order valence-corrected chi connectivity index (χ3v) is 3.45. The topological polar surface area (TPSA) is 121 Å². The number of nitrogens with two attached hydrogens (primary N) is 1. The number of rotatable bonds is 4. The van der Waals surface area contributed by atoms with Crippen molar-refractivity contribution in [1.82, 2.24) is 9.97 Å². The Bertz CT molecular complexity index is 418. The van der Waals surface area contributed by atoms with Crippen LogP contribution in [0.25, 0.3) is 0 Å². The van der Waals surface area contributed by atoms with Crippen LogP contribution in [0.5, 0.6) is 0 Å². The predicted molar refractivity (Wildman–Crippen MR) is 73.7 cm³/mol. The number of carbonyl (C=O) groups excluding carboxylic acids is 1. The van der Waals surface area contributed by atoms with Crippen molar-refractivity contribution in [1.29, 1.82) is 0 Å². The number of nitrogens with one attached hydrogen (secondary N) is 1. The SMILES string of the molecule is CC(C)(CC1(c2ncc[nH]2)CCC1)OC(N)=O.O[B]O. The Balaban J connectivity index is 0.000000612. The van der Waals surface area contributed by atoms with Crippen LogP contribution in [0.2, 0.25) is 0 Å². The second kappa shape index (κ2) is 6.76. The van der Waals surface area contributed by atoms with Crippen molar-refractivity contribution in [3.63, 3.8) is 0 Å². The molecule has 111 valence electrons. The molecule has 1 aromatic heterocycles. The molecular formula is C12H21BN3O4. The van der Waals surface area contributed by atoms with Gasteiger partial charge < -0.3 is 25.5 Å². The lowest BCUT2D eigenvalue weighted by atomic mass is 9.63. The second-order valence-corrected chi connectivity index (χ2v) is 5.54. The van der Waals surface area contributed by atoms with Gasteiger partial charge in [-0.25, -0.2) is 9.78 Å². The molecule has 2 rings (SSSR count). The van der Waals surface area contributed by atoms with E-state index in [0.717, 1.165) is 25.1 Å². The highest BCUT2D eigenvalue weighted by atomic mass is 16.6. The summed E-state index contributed by atoms with van der Waals surface area (Å²) in [6, 6.07) is 0. The number of nitrogens with zero attached hydrogens (tertiary/aromatic N) is 1. The van der Waals surface area contributed by atoms with Crippen molar-refractivity contribution < 1.29 is 19.6 Å². The number of aromatic amines is 1.